The van der Waals surface area contributed by atoms with Gasteiger partial charge in [-0.1, -0.05) is 97.1 Å². The summed E-state index contributed by atoms with van der Waals surface area (Å²) in [7, 11) is 3.13. The zero-order valence-electron chi connectivity index (χ0n) is 33.2. The Morgan fingerprint density at radius 3 is 2.19 bits per heavy atom. The van der Waals surface area contributed by atoms with Gasteiger partial charge in [0.2, 0.25) is 29.4 Å². The van der Waals surface area contributed by atoms with Crippen molar-refractivity contribution in [3.8, 4) is 0 Å². The lowest BCUT2D eigenvalue weighted by Gasteiger charge is -2.35. The van der Waals surface area contributed by atoms with Crippen LogP contribution in [0.5, 0.6) is 0 Å². The van der Waals surface area contributed by atoms with Crippen LogP contribution in [0.25, 0.3) is 0 Å². The summed E-state index contributed by atoms with van der Waals surface area (Å²) in [5.74, 6) is -3.95. The van der Waals surface area contributed by atoms with Crippen molar-refractivity contribution >= 4 is 41.4 Å². The lowest BCUT2D eigenvalue weighted by molar-refractivity contribution is -0.143. The molecule has 1 aromatic carbocycles. The highest BCUT2D eigenvalue weighted by Crippen LogP contribution is 2.40. The van der Waals surface area contributed by atoms with Gasteiger partial charge in [-0.25, -0.2) is 4.79 Å². The Morgan fingerprint density at radius 2 is 1.59 bits per heavy atom. The topological polar surface area (TPSA) is 183 Å². The van der Waals surface area contributed by atoms with Gasteiger partial charge in [0, 0.05) is 20.6 Å². The summed E-state index contributed by atoms with van der Waals surface area (Å²) in [6.45, 7) is 9.66. The molecule has 300 valence electrons. The Bertz CT molecular complexity index is 1460. The molecular weight excluding hydrogens is 692 g/mol. The number of nitrogens with zero attached hydrogens (tertiary/aromatic N) is 2. The van der Waals surface area contributed by atoms with Crippen molar-refractivity contribution in [3.05, 3.63) is 35.9 Å². The molecule has 54 heavy (non-hydrogen) atoms. The standard InChI is InChI=1S/C40H62N6O8/c1-8-16-29(34(48)36(50)41-23-31(47)43-32(37(51)45(6)7)27-17-12-10-13-18-27)42-35(49)30-22-40(5,21-9-2)25-46(30)38(52)33(28-19-14-11-15-20-28)44-39(53)54-24-26(3)4/h10,12-13,17-18,26,28-30,32-33H,8-9,11,14-16,19-25H2,1-7H3,(H,41,50)(H,42,49)(H,43,47)(H,44,53)/t29?,30-,32?,33-,40+/m0/s1. The average molecular weight is 755 g/mol. The summed E-state index contributed by atoms with van der Waals surface area (Å²) >= 11 is 0. The first-order chi connectivity index (χ1) is 25.6. The number of carbonyl (C=O) groups is 7. The van der Waals surface area contributed by atoms with Crippen LogP contribution in [0.2, 0.25) is 0 Å². The number of rotatable bonds is 18. The number of likely N-dealkylation sites (tertiary alicyclic amines) is 1. The number of hydrogen-bond acceptors (Lipinski definition) is 8. The van der Waals surface area contributed by atoms with Crippen LogP contribution in [-0.2, 0) is 33.5 Å². The maximum Gasteiger partial charge on any atom is 0.407 e. The second-order valence-corrected chi connectivity index (χ2v) is 15.8. The lowest BCUT2D eigenvalue weighted by atomic mass is 9.83. The van der Waals surface area contributed by atoms with E-state index < -0.39 is 60.3 Å². The van der Waals surface area contributed by atoms with E-state index >= 15 is 0 Å². The van der Waals surface area contributed by atoms with Crippen LogP contribution in [0.15, 0.2) is 30.3 Å². The first-order valence-electron chi connectivity index (χ1n) is 19.5. The molecule has 0 radical (unpaired) electrons. The quantitative estimate of drug-likeness (QED) is 0.164. The van der Waals surface area contributed by atoms with E-state index in [1.807, 2.05) is 34.6 Å². The second kappa shape index (κ2) is 20.8. The third-order valence-corrected chi connectivity index (χ3v) is 10.2. The van der Waals surface area contributed by atoms with Crippen LogP contribution in [0.3, 0.4) is 0 Å². The lowest BCUT2D eigenvalue weighted by Crippen LogP contribution is -2.58. The van der Waals surface area contributed by atoms with Crippen LogP contribution in [0.4, 0.5) is 4.79 Å². The van der Waals surface area contributed by atoms with E-state index in [0.29, 0.717) is 24.9 Å². The highest BCUT2D eigenvalue weighted by Gasteiger charge is 2.49. The molecule has 0 aromatic heterocycles. The zero-order valence-corrected chi connectivity index (χ0v) is 33.2. The number of benzene rings is 1. The minimum Gasteiger partial charge on any atom is -0.449 e. The summed E-state index contributed by atoms with van der Waals surface area (Å²) in [5, 5.41) is 10.6. The normalized spacial score (nSPS) is 20.3. The van der Waals surface area contributed by atoms with E-state index in [2.05, 4.69) is 21.3 Å². The van der Waals surface area contributed by atoms with Gasteiger partial charge < -0.3 is 35.8 Å². The predicted molar refractivity (Wildman–Crippen MR) is 204 cm³/mol. The molecule has 1 saturated carbocycles. The molecule has 1 saturated heterocycles. The van der Waals surface area contributed by atoms with Gasteiger partial charge in [0.15, 0.2) is 0 Å². The highest BCUT2D eigenvalue weighted by atomic mass is 16.5. The van der Waals surface area contributed by atoms with Crippen LogP contribution in [-0.4, -0.2) is 103 Å². The van der Waals surface area contributed by atoms with E-state index in [9.17, 15) is 33.6 Å². The van der Waals surface area contributed by atoms with Crippen molar-refractivity contribution in [2.45, 2.75) is 123 Å². The second-order valence-electron chi connectivity index (χ2n) is 15.8. The predicted octanol–water partition coefficient (Wildman–Crippen LogP) is 3.64. The van der Waals surface area contributed by atoms with Crippen LogP contribution < -0.4 is 21.3 Å². The smallest absolute Gasteiger partial charge is 0.407 e. The number of amides is 6. The summed E-state index contributed by atoms with van der Waals surface area (Å²) in [5.41, 5.74) is 0.168. The van der Waals surface area contributed by atoms with E-state index in [1.165, 1.54) is 4.90 Å². The Morgan fingerprint density at radius 1 is 0.926 bits per heavy atom. The van der Waals surface area contributed by atoms with Gasteiger partial charge in [0.1, 0.15) is 18.1 Å². The van der Waals surface area contributed by atoms with Crippen molar-refractivity contribution in [2.75, 3.05) is 33.8 Å². The molecule has 3 rings (SSSR count). The van der Waals surface area contributed by atoms with E-state index in [0.717, 1.165) is 44.9 Å². The molecule has 5 atom stereocenters. The number of carbonyl (C=O) groups excluding carboxylic acids is 7. The average Bonchev–Trinajstić information content (AvgIpc) is 3.51. The Kier molecular flexibility index (Phi) is 16.9. The third-order valence-electron chi connectivity index (χ3n) is 10.2. The fourth-order valence-corrected chi connectivity index (χ4v) is 7.49. The van der Waals surface area contributed by atoms with Crippen LogP contribution in [0.1, 0.15) is 110 Å². The summed E-state index contributed by atoms with van der Waals surface area (Å²) in [4.78, 5) is 96.6. The van der Waals surface area contributed by atoms with Gasteiger partial charge in [0.25, 0.3) is 5.91 Å². The number of alkyl carbamates (subject to hydrolysis) is 1. The van der Waals surface area contributed by atoms with Gasteiger partial charge in [0.05, 0.1) is 19.2 Å². The fraction of sp³-hybridized carbons (Fsp3) is 0.675. The van der Waals surface area contributed by atoms with Crippen molar-refractivity contribution in [1.29, 1.82) is 0 Å². The van der Waals surface area contributed by atoms with E-state index in [-0.39, 0.29) is 42.1 Å². The molecule has 2 unspecified atom stereocenters. The Labute approximate surface area is 320 Å². The van der Waals surface area contributed by atoms with Crippen molar-refractivity contribution in [3.63, 3.8) is 0 Å². The third kappa shape index (κ3) is 12.5. The molecule has 6 amide bonds. The maximum absolute atomic E-state index is 14.5. The molecule has 14 nitrogen and oxygen atoms in total. The molecular formula is C40H62N6O8. The number of Topliss-reactive ketones (excluding diaryl/α,β-unsaturated/α-hetero) is 1. The first-order valence-corrected chi connectivity index (χ1v) is 19.5. The van der Waals surface area contributed by atoms with Crippen molar-refractivity contribution in [2.24, 2.45) is 17.3 Å². The molecule has 2 aliphatic rings. The summed E-state index contributed by atoms with van der Waals surface area (Å²) in [6, 6.07) is 4.65. The van der Waals surface area contributed by atoms with Gasteiger partial charge in [-0.2, -0.15) is 0 Å². The van der Waals surface area contributed by atoms with E-state index in [4.69, 9.17) is 4.74 Å². The number of hydrogen-bond donors (Lipinski definition) is 4. The Balaban J connectivity index is 1.75. The molecule has 2 fully saturated rings. The largest absolute Gasteiger partial charge is 0.449 e. The van der Waals surface area contributed by atoms with Gasteiger partial charge in [-0.05, 0) is 54.9 Å². The SMILES string of the molecule is CCCC(NC(=O)[C@@H]1C[C@@](C)(CCC)CN1C(=O)[C@@H](NC(=O)OCC(C)C)C1CCCCC1)C(=O)C(=O)NCC(=O)NC(C(=O)N(C)C)c1ccccc1. The van der Waals surface area contributed by atoms with Crippen LogP contribution in [0, 0.1) is 17.3 Å². The first kappa shape index (κ1) is 43.9. The number of nitrogens with one attached hydrogen (secondary N) is 4. The van der Waals surface area contributed by atoms with E-state index in [1.54, 1.807) is 49.3 Å². The summed E-state index contributed by atoms with van der Waals surface area (Å²) < 4.78 is 5.40. The van der Waals surface area contributed by atoms with Gasteiger partial charge in [-0.15, -0.1) is 0 Å². The minimum atomic E-state index is -1.20. The summed E-state index contributed by atoms with van der Waals surface area (Å²) in [6.07, 6.45) is 6.31. The van der Waals surface area contributed by atoms with Gasteiger partial charge >= 0.3 is 6.09 Å². The monoisotopic (exact) mass is 754 g/mol. The van der Waals surface area contributed by atoms with Gasteiger partial charge in [-0.3, -0.25) is 28.8 Å². The highest BCUT2D eigenvalue weighted by molar-refractivity contribution is 6.38. The molecule has 1 aromatic rings. The molecule has 1 aliphatic heterocycles. The van der Waals surface area contributed by atoms with Crippen LogP contribution >= 0.6 is 0 Å². The number of likely N-dealkylation sites (N-methyl/N-ethyl adjacent to an activating group) is 1. The molecule has 4 N–H and O–H groups in total. The maximum atomic E-state index is 14.5. The number of ketones is 1. The molecule has 0 bridgehead atoms. The Hall–Kier alpha value is -4.49. The minimum absolute atomic E-state index is 0.112. The van der Waals surface area contributed by atoms with Crippen molar-refractivity contribution in [1.82, 2.24) is 31.1 Å². The zero-order chi connectivity index (χ0) is 40.0. The fourth-order valence-electron chi connectivity index (χ4n) is 7.49. The number of ether oxygens (including phenoxy) is 1. The molecule has 14 heteroatoms. The molecule has 1 heterocycles. The van der Waals surface area contributed by atoms with Crippen molar-refractivity contribution < 1.29 is 38.3 Å². The molecule has 0 spiro atoms. The molecule has 1 aliphatic carbocycles.